The van der Waals surface area contributed by atoms with Crippen molar-refractivity contribution in [1.82, 2.24) is 9.55 Å². The van der Waals surface area contributed by atoms with Gasteiger partial charge >= 0.3 is 0 Å². The quantitative estimate of drug-likeness (QED) is 0.562. The molecule has 104 valence electrons. The van der Waals surface area contributed by atoms with E-state index in [-0.39, 0.29) is 6.04 Å². The average molecular weight is 393 g/mol. The van der Waals surface area contributed by atoms with Crippen molar-refractivity contribution in [1.29, 1.82) is 0 Å². The molecule has 0 radical (unpaired) electrons. The number of ether oxygens (including phenoxy) is 1. The Morgan fingerprint density at radius 2 is 2.16 bits per heavy atom. The Bertz CT molecular complexity index is 568. The van der Waals surface area contributed by atoms with Crippen molar-refractivity contribution in [3.05, 3.63) is 27.6 Å². The van der Waals surface area contributed by atoms with E-state index in [1.165, 1.54) is 3.57 Å². The second-order valence-corrected chi connectivity index (χ2v) is 6.44. The molecule has 0 amide bonds. The summed E-state index contributed by atoms with van der Waals surface area (Å²) >= 11 is 8.37. The van der Waals surface area contributed by atoms with E-state index in [4.69, 9.17) is 16.3 Å². The summed E-state index contributed by atoms with van der Waals surface area (Å²) in [7, 11) is 1.73. The molecule has 0 N–H and O–H groups in total. The van der Waals surface area contributed by atoms with Gasteiger partial charge in [0.15, 0.2) is 0 Å². The zero-order chi connectivity index (χ0) is 14.0. The molecular formula is C14H18ClIN2O. The minimum absolute atomic E-state index is 0.254. The second kappa shape index (κ2) is 6.41. The van der Waals surface area contributed by atoms with E-state index in [1.807, 2.05) is 0 Å². The van der Waals surface area contributed by atoms with Gasteiger partial charge < -0.3 is 9.30 Å². The van der Waals surface area contributed by atoms with Crippen molar-refractivity contribution < 1.29 is 4.74 Å². The molecule has 1 atom stereocenters. The number of hydrogen-bond acceptors (Lipinski definition) is 2. The van der Waals surface area contributed by atoms with Gasteiger partial charge in [-0.1, -0.05) is 13.8 Å². The Balaban J connectivity index is 2.61. The third-order valence-corrected chi connectivity index (χ3v) is 4.19. The van der Waals surface area contributed by atoms with Gasteiger partial charge in [-0.05, 0) is 46.7 Å². The predicted octanol–water partition coefficient (Wildman–Crippen LogP) is 4.22. The monoisotopic (exact) mass is 392 g/mol. The van der Waals surface area contributed by atoms with Crippen LogP contribution in [0, 0.1) is 9.49 Å². The summed E-state index contributed by atoms with van der Waals surface area (Å²) in [6.07, 6.45) is 0. The number of methoxy groups -OCH3 is 1. The van der Waals surface area contributed by atoms with E-state index in [1.54, 1.807) is 7.11 Å². The van der Waals surface area contributed by atoms with Crippen LogP contribution in [0.4, 0.5) is 0 Å². The summed E-state index contributed by atoms with van der Waals surface area (Å²) < 4.78 is 8.78. The summed E-state index contributed by atoms with van der Waals surface area (Å²) in [5.41, 5.74) is 2.14. The molecule has 2 aromatic rings. The van der Waals surface area contributed by atoms with E-state index in [2.05, 4.69) is 64.2 Å². The fourth-order valence-electron chi connectivity index (χ4n) is 2.32. The standard InChI is InChI=1S/C14H18ClIN2O/c1-9(2)13(8-19-3)18-12-5-4-10(16)6-11(12)17-14(18)7-15/h4-6,9,13H,7-8H2,1-3H3. The highest BCUT2D eigenvalue weighted by atomic mass is 127. The van der Waals surface area contributed by atoms with Gasteiger partial charge in [0.05, 0.1) is 29.6 Å². The number of nitrogens with zero attached hydrogens (tertiary/aromatic N) is 2. The Morgan fingerprint density at radius 1 is 1.42 bits per heavy atom. The molecule has 0 fully saturated rings. The average Bonchev–Trinajstić information content (AvgIpc) is 2.72. The van der Waals surface area contributed by atoms with Crippen LogP contribution < -0.4 is 0 Å². The van der Waals surface area contributed by atoms with Crippen molar-refractivity contribution in [2.24, 2.45) is 5.92 Å². The minimum atomic E-state index is 0.254. The lowest BCUT2D eigenvalue weighted by atomic mass is 10.0. The fraction of sp³-hybridized carbons (Fsp3) is 0.500. The second-order valence-electron chi connectivity index (χ2n) is 4.93. The van der Waals surface area contributed by atoms with Crippen LogP contribution in [0.2, 0.25) is 0 Å². The van der Waals surface area contributed by atoms with E-state index < -0.39 is 0 Å². The molecule has 2 rings (SSSR count). The van der Waals surface area contributed by atoms with Gasteiger partial charge in [-0.25, -0.2) is 4.98 Å². The van der Waals surface area contributed by atoms with Crippen LogP contribution in [0.5, 0.6) is 0 Å². The molecule has 0 bridgehead atoms. The number of halogens is 2. The Morgan fingerprint density at radius 3 is 2.74 bits per heavy atom. The lowest BCUT2D eigenvalue weighted by Gasteiger charge is -2.24. The molecule has 1 unspecified atom stereocenters. The summed E-state index contributed by atoms with van der Waals surface area (Å²) in [4.78, 5) is 4.65. The molecule has 0 aliphatic heterocycles. The lowest BCUT2D eigenvalue weighted by molar-refractivity contribution is 0.134. The molecule has 1 heterocycles. The fourth-order valence-corrected chi connectivity index (χ4v) is 2.99. The molecule has 0 aliphatic carbocycles. The van der Waals surface area contributed by atoms with Crippen molar-refractivity contribution in [2.45, 2.75) is 25.8 Å². The zero-order valence-corrected chi connectivity index (χ0v) is 14.3. The molecule has 5 heteroatoms. The van der Waals surface area contributed by atoms with Gasteiger partial charge in [0.1, 0.15) is 5.82 Å². The van der Waals surface area contributed by atoms with Gasteiger partial charge in [0.2, 0.25) is 0 Å². The molecule has 3 nitrogen and oxygen atoms in total. The Labute approximate surface area is 132 Å². The van der Waals surface area contributed by atoms with Crippen LogP contribution >= 0.6 is 34.2 Å². The maximum absolute atomic E-state index is 6.07. The Kier molecular flexibility index (Phi) is 5.09. The molecule has 0 saturated carbocycles. The number of fused-ring (bicyclic) bond motifs is 1. The predicted molar refractivity (Wildman–Crippen MR) is 87.8 cm³/mol. The summed E-state index contributed by atoms with van der Waals surface area (Å²) in [6.45, 7) is 5.06. The first-order chi connectivity index (χ1) is 9.08. The van der Waals surface area contributed by atoms with Gasteiger partial charge in [0.25, 0.3) is 0 Å². The number of rotatable bonds is 5. The van der Waals surface area contributed by atoms with Crippen LogP contribution in [0.1, 0.15) is 25.7 Å². The van der Waals surface area contributed by atoms with Crippen molar-refractivity contribution >= 4 is 45.2 Å². The SMILES string of the molecule is COCC(C(C)C)n1c(CCl)nc2cc(I)ccc21. The molecular weight excluding hydrogens is 375 g/mol. The van der Waals surface area contributed by atoms with Crippen LogP contribution in [-0.4, -0.2) is 23.3 Å². The smallest absolute Gasteiger partial charge is 0.125 e. The molecule has 0 spiro atoms. The van der Waals surface area contributed by atoms with Gasteiger partial charge in [0, 0.05) is 10.7 Å². The van der Waals surface area contributed by atoms with E-state index in [0.717, 1.165) is 16.9 Å². The molecule has 0 aliphatic rings. The van der Waals surface area contributed by atoms with Gasteiger partial charge in [-0.3, -0.25) is 0 Å². The highest BCUT2D eigenvalue weighted by Crippen LogP contribution is 2.28. The van der Waals surface area contributed by atoms with Crippen LogP contribution in [0.25, 0.3) is 11.0 Å². The van der Waals surface area contributed by atoms with Gasteiger partial charge in [-0.2, -0.15) is 0 Å². The zero-order valence-electron chi connectivity index (χ0n) is 11.4. The third kappa shape index (κ3) is 3.06. The number of aromatic nitrogens is 2. The molecule has 1 aromatic carbocycles. The normalized spacial score (nSPS) is 13.4. The van der Waals surface area contributed by atoms with Crippen LogP contribution in [0.3, 0.4) is 0 Å². The lowest BCUT2D eigenvalue weighted by Crippen LogP contribution is -2.22. The van der Waals surface area contributed by atoms with Crippen LogP contribution in [0.15, 0.2) is 18.2 Å². The maximum Gasteiger partial charge on any atom is 0.125 e. The van der Waals surface area contributed by atoms with E-state index in [9.17, 15) is 0 Å². The highest BCUT2D eigenvalue weighted by Gasteiger charge is 2.21. The first-order valence-electron chi connectivity index (χ1n) is 6.29. The number of imidazole rings is 1. The van der Waals surface area contributed by atoms with Crippen molar-refractivity contribution in [3.63, 3.8) is 0 Å². The first kappa shape index (κ1) is 15.1. The minimum Gasteiger partial charge on any atom is -0.383 e. The van der Waals surface area contributed by atoms with E-state index in [0.29, 0.717) is 18.4 Å². The number of alkyl halides is 1. The topological polar surface area (TPSA) is 27.1 Å². The van der Waals surface area contributed by atoms with Crippen molar-refractivity contribution in [3.8, 4) is 0 Å². The van der Waals surface area contributed by atoms with Gasteiger partial charge in [-0.15, -0.1) is 11.6 Å². The van der Waals surface area contributed by atoms with Crippen LogP contribution in [-0.2, 0) is 10.6 Å². The highest BCUT2D eigenvalue weighted by molar-refractivity contribution is 14.1. The first-order valence-corrected chi connectivity index (χ1v) is 7.91. The van der Waals surface area contributed by atoms with E-state index >= 15 is 0 Å². The molecule has 0 saturated heterocycles. The van der Waals surface area contributed by atoms with Crippen molar-refractivity contribution in [2.75, 3.05) is 13.7 Å². The Hall–Kier alpha value is -0.330. The largest absolute Gasteiger partial charge is 0.383 e. The number of hydrogen-bond donors (Lipinski definition) is 0. The molecule has 1 aromatic heterocycles. The molecule has 19 heavy (non-hydrogen) atoms. The summed E-state index contributed by atoms with van der Waals surface area (Å²) in [6, 6.07) is 6.56. The third-order valence-electron chi connectivity index (χ3n) is 3.28. The maximum atomic E-state index is 6.07. The summed E-state index contributed by atoms with van der Waals surface area (Å²) in [5, 5.41) is 0. The summed E-state index contributed by atoms with van der Waals surface area (Å²) in [5.74, 6) is 1.78. The number of benzene rings is 1.